The molecule has 0 amide bonds. The van der Waals surface area contributed by atoms with E-state index in [1.807, 2.05) is 31.2 Å². The van der Waals surface area contributed by atoms with Gasteiger partial charge in [0, 0.05) is 16.2 Å². The quantitative estimate of drug-likeness (QED) is 0.865. The lowest BCUT2D eigenvalue weighted by Gasteiger charge is -2.17. The molecule has 0 aromatic heterocycles. The minimum absolute atomic E-state index is 0.0438. The number of carboxylic acid groups (broad SMARTS) is 1. The lowest BCUT2D eigenvalue weighted by molar-refractivity contribution is 0.0692. The van der Waals surface area contributed by atoms with Gasteiger partial charge in [-0.2, -0.15) is 0 Å². The summed E-state index contributed by atoms with van der Waals surface area (Å²) in [7, 11) is 0. The maximum absolute atomic E-state index is 13.3. The fourth-order valence-electron chi connectivity index (χ4n) is 1.93. The van der Waals surface area contributed by atoms with Gasteiger partial charge in [-0.05, 0) is 36.8 Å². The number of nitrogens with one attached hydrogen (secondary N) is 1. The van der Waals surface area contributed by atoms with Crippen molar-refractivity contribution in [2.24, 2.45) is 0 Å². The average molecular weight is 338 g/mol. The van der Waals surface area contributed by atoms with Crippen LogP contribution in [0, 0.1) is 5.82 Å². The van der Waals surface area contributed by atoms with Crippen molar-refractivity contribution in [1.29, 1.82) is 0 Å². The summed E-state index contributed by atoms with van der Waals surface area (Å²) in [6, 6.07) is 11.7. The highest BCUT2D eigenvalue weighted by Crippen LogP contribution is 2.26. The smallest absolute Gasteiger partial charge is 0.338 e. The van der Waals surface area contributed by atoms with Gasteiger partial charge in [-0.3, -0.25) is 0 Å². The number of anilines is 1. The molecule has 0 aliphatic carbocycles. The molecule has 0 spiro atoms. The summed E-state index contributed by atoms with van der Waals surface area (Å²) in [5, 5.41) is 12.1. The summed E-state index contributed by atoms with van der Waals surface area (Å²) in [4.78, 5) is 10.9. The molecule has 2 N–H and O–H groups in total. The van der Waals surface area contributed by atoms with Gasteiger partial charge in [0.2, 0.25) is 0 Å². The molecular formula is C15H13BrFNO2. The lowest BCUT2D eigenvalue weighted by atomic mass is 10.1. The number of halogens is 2. The summed E-state index contributed by atoms with van der Waals surface area (Å²) in [5.41, 5.74) is 1.26. The Balaban J connectivity index is 2.24. The van der Waals surface area contributed by atoms with Crippen LogP contribution in [0.2, 0.25) is 0 Å². The Labute approximate surface area is 124 Å². The van der Waals surface area contributed by atoms with Gasteiger partial charge < -0.3 is 10.4 Å². The SMILES string of the molecule is CC(Nc1ccc(F)c(C(=O)O)c1)c1ccccc1Br. The maximum atomic E-state index is 13.3. The number of rotatable bonds is 4. The zero-order valence-electron chi connectivity index (χ0n) is 10.7. The molecule has 0 radical (unpaired) electrons. The van der Waals surface area contributed by atoms with E-state index < -0.39 is 11.8 Å². The van der Waals surface area contributed by atoms with Gasteiger partial charge in [0.1, 0.15) is 5.82 Å². The Morgan fingerprint density at radius 2 is 2.00 bits per heavy atom. The predicted molar refractivity (Wildman–Crippen MR) is 79.5 cm³/mol. The molecule has 0 heterocycles. The Hall–Kier alpha value is -1.88. The van der Waals surface area contributed by atoms with Crippen LogP contribution in [0.3, 0.4) is 0 Å². The highest BCUT2D eigenvalue weighted by molar-refractivity contribution is 9.10. The van der Waals surface area contributed by atoms with Crippen LogP contribution in [0.4, 0.5) is 10.1 Å². The second kappa shape index (κ2) is 6.05. The average Bonchev–Trinajstić information content (AvgIpc) is 2.41. The van der Waals surface area contributed by atoms with Gasteiger partial charge in [0.15, 0.2) is 0 Å². The summed E-state index contributed by atoms with van der Waals surface area (Å²) >= 11 is 3.47. The Kier molecular flexibility index (Phi) is 4.39. The molecule has 0 bridgehead atoms. The molecule has 1 unspecified atom stereocenters. The van der Waals surface area contributed by atoms with E-state index >= 15 is 0 Å². The normalized spacial score (nSPS) is 11.9. The molecule has 5 heteroatoms. The van der Waals surface area contributed by atoms with Crippen molar-refractivity contribution in [3.8, 4) is 0 Å². The first kappa shape index (κ1) is 14.5. The molecule has 20 heavy (non-hydrogen) atoms. The van der Waals surface area contributed by atoms with Crippen molar-refractivity contribution in [3.05, 3.63) is 63.9 Å². The van der Waals surface area contributed by atoms with Crippen LogP contribution in [-0.4, -0.2) is 11.1 Å². The monoisotopic (exact) mass is 337 g/mol. The van der Waals surface area contributed by atoms with Crippen LogP contribution in [0.15, 0.2) is 46.9 Å². The molecule has 2 aromatic carbocycles. The molecule has 0 aliphatic heterocycles. The Morgan fingerprint density at radius 3 is 2.65 bits per heavy atom. The second-order valence-electron chi connectivity index (χ2n) is 4.39. The predicted octanol–water partition coefficient (Wildman–Crippen LogP) is 4.46. The topological polar surface area (TPSA) is 49.3 Å². The van der Waals surface area contributed by atoms with E-state index in [4.69, 9.17) is 5.11 Å². The number of carbonyl (C=O) groups is 1. The zero-order valence-corrected chi connectivity index (χ0v) is 12.3. The minimum atomic E-state index is -1.28. The van der Waals surface area contributed by atoms with E-state index in [0.717, 1.165) is 16.1 Å². The van der Waals surface area contributed by atoms with Gasteiger partial charge in [0.25, 0.3) is 0 Å². The second-order valence-corrected chi connectivity index (χ2v) is 5.24. The van der Waals surface area contributed by atoms with Crippen LogP contribution in [0.25, 0.3) is 0 Å². The summed E-state index contributed by atoms with van der Waals surface area (Å²) in [6.45, 7) is 1.95. The molecule has 104 valence electrons. The van der Waals surface area contributed by atoms with Gasteiger partial charge in [-0.15, -0.1) is 0 Å². The van der Waals surface area contributed by atoms with Crippen molar-refractivity contribution >= 4 is 27.6 Å². The van der Waals surface area contributed by atoms with Crippen LogP contribution < -0.4 is 5.32 Å². The summed E-state index contributed by atoms with van der Waals surface area (Å²) < 4.78 is 14.3. The highest BCUT2D eigenvalue weighted by atomic mass is 79.9. The zero-order chi connectivity index (χ0) is 14.7. The van der Waals surface area contributed by atoms with Crippen molar-refractivity contribution in [3.63, 3.8) is 0 Å². The molecule has 0 saturated heterocycles. The number of benzene rings is 2. The number of hydrogen-bond donors (Lipinski definition) is 2. The molecule has 1 atom stereocenters. The van der Waals surface area contributed by atoms with Crippen molar-refractivity contribution in [2.75, 3.05) is 5.32 Å². The molecule has 2 rings (SSSR count). The first-order valence-corrected chi connectivity index (χ1v) is 6.82. The fraction of sp³-hybridized carbons (Fsp3) is 0.133. The first-order valence-electron chi connectivity index (χ1n) is 6.03. The highest BCUT2D eigenvalue weighted by Gasteiger charge is 2.13. The standard InChI is InChI=1S/C15H13BrFNO2/c1-9(11-4-2-3-5-13(11)16)18-10-6-7-14(17)12(8-10)15(19)20/h2-9,18H,1H3,(H,19,20). The maximum Gasteiger partial charge on any atom is 0.338 e. The molecule has 0 saturated carbocycles. The Bertz CT molecular complexity index is 646. The van der Waals surface area contributed by atoms with Gasteiger partial charge in [0.05, 0.1) is 5.56 Å². The van der Waals surface area contributed by atoms with Crippen LogP contribution in [0.1, 0.15) is 28.9 Å². The van der Waals surface area contributed by atoms with Crippen LogP contribution in [0.5, 0.6) is 0 Å². The van der Waals surface area contributed by atoms with Gasteiger partial charge in [-0.1, -0.05) is 34.1 Å². The van der Waals surface area contributed by atoms with E-state index in [2.05, 4.69) is 21.2 Å². The third kappa shape index (κ3) is 3.17. The van der Waals surface area contributed by atoms with E-state index in [1.54, 1.807) is 0 Å². The summed E-state index contributed by atoms with van der Waals surface area (Å²) in [6.07, 6.45) is 0. The number of aromatic carboxylic acids is 1. The Morgan fingerprint density at radius 1 is 1.30 bits per heavy atom. The third-order valence-electron chi connectivity index (χ3n) is 2.95. The van der Waals surface area contributed by atoms with Crippen molar-refractivity contribution in [2.45, 2.75) is 13.0 Å². The molecule has 0 aliphatic rings. The van der Waals surface area contributed by atoms with E-state index in [0.29, 0.717) is 5.69 Å². The van der Waals surface area contributed by atoms with Crippen molar-refractivity contribution in [1.82, 2.24) is 0 Å². The van der Waals surface area contributed by atoms with E-state index in [-0.39, 0.29) is 11.6 Å². The van der Waals surface area contributed by atoms with Gasteiger partial charge >= 0.3 is 5.97 Å². The minimum Gasteiger partial charge on any atom is -0.478 e. The largest absolute Gasteiger partial charge is 0.478 e. The molecule has 0 fully saturated rings. The third-order valence-corrected chi connectivity index (χ3v) is 3.67. The number of carboxylic acids is 1. The molecular weight excluding hydrogens is 325 g/mol. The van der Waals surface area contributed by atoms with E-state index in [9.17, 15) is 9.18 Å². The summed E-state index contributed by atoms with van der Waals surface area (Å²) in [5.74, 6) is -2.02. The number of hydrogen-bond acceptors (Lipinski definition) is 2. The van der Waals surface area contributed by atoms with E-state index in [1.165, 1.54) is 12.1 Å². The van der Waals surface area contributed by atoms with Crippen molar-refractivity contribution < 1.29 is 14.3 Å². The fourth-order valence-corrected chi connectivity index (χ4v) is 2.56. The molecule has 2 aromatic rings. The first-order chi connectivity index (χ1) is 9.49. The van der Waals surface area contributed by atoms with Crippen LogP contribution in [-0.2, 0) is 0 Å². The molecule has 3 nitrogen and oxygen atoms in total. The van der Waals surface area contributed by atoms with Gasteiger partial charge in [-0.25, -0.2) is 9.18 Å². The van der Waals surface area contributed by atoms with Crippen LogP contribution >= 0.6 is 15.9 Å². The lowest BCUT2D eigenvalue weighted by Crippen LogP contribution is -2.09.